The molecule has 3 unspecified atom stereocenters. The van der Waals surface area contributed by atoms with Crippen LogP contribution in [0, 0.1) is 12.8 Å². The lowest BCUT2D eigenvalue weighted by atomic mass is 9.94. The molecule has 1 aromatic rings. The molecule has 19 heavy (non-hydrogen) atoms. The van der Waals surface area contributed by atoms with Gasteiger partial charge in [0.2, 0.25) is 0 Å². The number of aromatic nitrogens is 1. The van der Waals surface area contributed by atoms with Crippen molar-refractivity contribution < 1.29 is 0 Å². The second kappa shape index (κ2) is 6.23. The molecule has 0 spiro atoms. The van der Waals surface area contributed by atoms with E-state index in [2.05, 4.69) is 44.8 Å². The van der Waals surface area contributed by atoms with Crippen molar-refractivity contribution in [2.24, 2.45) is 5.92 Å². The van der Waals surface area contributed by atoms with Gasteiger partial charge in [-0.1, -0.05) is 13.8 Å². The highest BCUT2D eigenvalue weighted by atomic mass is 32.1. The summed E-state index contributed by atoms with van der Waals surface area (Å²) >= 11 is 1.87. The van der Waals surface area contributed by atoms with Crippen LogP contribution in [0.2, 0.25) is 0 Å². The molecule has 2 rings (SSSR count). The zero-order valence-corrected chi connectivity index (χ0v) is 13.7. The van der Waals surface area contributed by atoms with Crippen molar-refractivity contribution in [2.45, 2.75) is 59.5 Å². The molecule has 3 nitrogen and oxygen atoms in total. The van der Waals surface area contributed by atoms with E-state index in [-0.39, 0.29) is 0 Å². The van der Waals surface area contributed by atoms with Crippen LogP contribution in [0.3, 0.4) is 0 Å². The fourth-order valence-electron chi connectivity index (χ4n) is 3.01. The third kappa shape index (κ3) is 3.29. The van der Waals surface area contributed by atoms with Crippen LogP contribution in [-0.2, 0) is 0 Å². The summed E-state index contributed by atoms with van der Waals surface area (Å²) in [5.74, 6) is 0.854. The molecule has 0 saturated carbocycles. The van der Waals surface area contributed by atoms with E-state index in [0.29, 0.717) is 12.1 Å². The summed E-state index contributed by atoms with van der Waals surface area (Å²) in [6.45, 7) is 13.4. The van der Waals surface area contributed by atoms with E-state index >= 15 is 0 Å². The number of nitrogens with one attached hydrogen (secondary N) is 1. The Morgan fingerprint density at radius 1 is 1.47 bits per heavy atom. The molecule has 4 heteroatoms. The molecule has 2 heterocycles. The Morgan fingerprint density at radius 2 is 2.21 bits per heavy atom. The Labute approximate surface area is 121 Å². The molecule has 1 aliphatic rings. The number of aryl methyl sites for hydroxylation is 1. The number of nitrogens with zero attached hydrogens (tertiary/aromatic N) is 2. The molecule has 1 aliphatic heterocycles. The van der Waals surface area contributed by atoms with E-state index in [1.807, 2.05) is 11.3 Å². The Hall–Kier alpha value is -0.610. The Balaban J connectivity index is 2.15. The van der Waals surface area contributed by atoms with Gasteiger partial charge in [-0.3, -0.25) is 0 Å². The Kier molecular flexibility index (Phi) is 4.85. The van der Waals surface area contributed by atoms with Gasteiger partial charge in [0.05, 0.1) is 5.69 Å². The molecule has 1 fully saturated rings. The summed E-state index contributed by atoms with van der Waals surface area (Å²) < 4.78 is 0. The second-order valence-corrected chi connectivity index (χ2v) is 6.91. The zero-order valence-electron chi connectivity index (χ0n) is 12.9. The maximum Gasteiger partial charge on any atom is 0.186 e. The summed E-state index contributed by atoms with van der Waals surface area (Å²) in [5.41, 5.74) is 1.19. The molecule has 0 aromatic carbocycles. The lowest BCUT2D eigenvalue weighted by molar-refractivity contribution is 0.377. The summed E-state index contributed by atoms with van der Waals surface area (Å²) in [6, 6.07) is 1.03. The van der Waals surface area contributed by atoms with Crippen LogP contribution in [-0.4, -0.2) is 24.1 Å². The van der Waals surface area contributed by atoms with Crippen LogP contribution in [0.25, 0.3) is 0 Å². The number of piperidine rings is 1. The highest BCUT2D eigenvalue weighted by Gasteiger charge is 2.26. The Bertz CT molecular complexity index is 416. The Morgan fingerprint density at radius 3 is 2.84 bits per heavy atom. The van der Waals surface area contributed by atoms with E-state index in [9.17, 15) is 0 Å². The molecule has 3 atom stereocenters. The molecular formula is C15H27N3S. The lowest BCUT2D eigenvalue weighted by Crippen LogP contribution is -2.40. The number of anilines is 1. The van der Waals surface area contributed by atoms with Gasteiger partial charge in [-0.15, -0.1) is 11.3 Å². The van der Waals surface area contributed by atoms with Crippen molar-refractivity contribution in [1.82, 2.24) is 10.3 Å². The fraction of sp³-hybridized carbons (Fsp3) is 0.800. The normalized spacial score (nSPS) is 25.6. The lowest BCUT2D eigenvalue weighted by Gasteiger charge is -2.36. The van der Waals surface area contributed by atoms with Gasteiger partial charge in [-0.05, 0) is 46.1 Å². The molecule has 0 bridgehead atoms. The van der Waals surface area contributed by atoms with Crippen LogP contribution in [0.1, 0.15) is 57.1 Å². The maximum absolute atomic E-state index is 4.82. The largest absolute Gasteiger partial charge is 0.345 e. The average Bonchev–Trinajstić information content (AvgIpc) is 2.71. The summed E-state index contributed by atoms with van der Waals surface area (Å²) in [7, 11) is 0. The number of hydrogen-bond acceptors (Lipinski definition) is 4. The summed E-state index contributed by atoms with van der Waals surface area (Å²) in [6.07, 6.45) is 2.58. The van der Waals surface area contributed by atoms with Crippen LogP contribution in [0.5, 0.6) is 0 Å². The molecule has 1 saturated heterocycles. The van der Waals surface area contributed by atoms with Crippen molar-refractivity contribution >= 4 is 16.5 Å². The molecule has 1 aromatic heterocycles. The van der Waals surface area contributed by atoms with Gasteiger partial charge in [0, 0.05) is 23.5 Å². The van der Waals surface area contributed by atoms with Crippen molar-refractivity contribution in [2.75, 3.05) is 18.0 Å². The van der Waals surface area contributed by atoms with Crippen LogP contribution < -0.4 is 10.2 Å². The van der Waals surface area contributed by atoms with Gasteiger partial charge in [0.1, 0.15) is 0 Å². The minimum Gasteiger partial charge on any atom is -0.345 e. The molecule has 0 amide bonds. The number of rotatable bonds is 4. The molecule has 0 radical (unpaired) electrons. The number of thiazole rings is 1. The fourth-order valence-corrected chi connectivity index (χ4v) is 4.23. The highest BCUT2D eigenvalue weighted by Crippen LogP contribution is 2.34. The highest BCUT2D eigenvalue weighted by molar-refractivity contribution is 7.15. The first-order valence-electron chi connectivity index (χ1n) is 7.50. The quantitative estimate of drug-likeness (QED) is 0.911. The van der Waals surface area contributed by atoms with Crippen molar-refractivity contribution in [3.05, 3.63) is 10.6 Å². The van der Waals surface area contributed by atoms with Gasteiger partial charge in [0.15, 0.2) is 5.13 Å². The van der Waals surface area contributed by atoms with Crippen LogP contribution >= 0.6 is 11.3 Å². The third-order valence-electron chi connectivity index (χ3n) is 4.11. The summed E-state index contributed by atoms with van der Waals surface area (Å²) in [5, 5.41) is 4.71. The third-order valence-corrected chi connectivity index (χ3v) is 5.49. The average molecular weight is 281 g/mol. The van der Waals surface area contributed by atoms with Crippen molar-refractivity contribution in [3.63, 3.8) is 0 Å². The van der Waals surface area contributed by atoms with E-state index in [4.69, 9.17) is 4.98 Å². The van der Waals surface area contributed by atoms with E-state index in [0.717, 1.165) is 19.0 Å². The van der Waals surface area contributed by atoms with Crippen LogP contribution in [0.4, 0.5) is 5.13 Å². The molecule has 0 aliphatic carbocycles. The monoisotopic (exact) mass is 281 g/mol. The van der Waals surface area contributed by atoms with E-state index in [1.165, 1.54) is 28.5 Å². The topological polar surface area (TPSA) is 28.2 Å². The first-order valence-corrected chi connectivity index (χ1v) is 8.31. The predicted molar refractivity (Wildman–Crippen MR) is 84.1 cm³/mol. The smallest absolute Gasteiger partial charge is 0.186 e. The van der Waals surface area contributed by atoms with Gasteiger partial charge >= 0.3 is 0 Å². The number of hydrogen-bond donors (Lipinski definition) is 1. The van der Waals surface area contributed by atoms with Crippen molar-refractivity contribution in [3.8, 4) is 0 Å². The SMILES string of the molecule is CCNC(C)c1sc(N2CCC(C)CC2C)nc1C. The van der Waals surface area contributed by atoms with Gasteiger partial charge in [-0.2, -0.15) is 0 Å². The second-order valence-electron chi connectivity index (χ2n) is 5.90. The first-order chi connectivity index (χ1) is 9.02. The van der Waals surface area contributed by atoms with Gasteiger partial charge in [-0.25, -0.2) is 4.98 Å². The molecule has 108 valence electrons. The summed E-state index contributed by atoms with van der Waals surface area (Å²) in [4.78, 5) is 8.71. The standard InChI is InChI=1S/C15H27N3S/c1-6-16-12(4)14-13(5)17-15(19-14)18-8-7-10(2)9-11(18)3/h10-12,16H,6-9H2,1-5H3. The van der Waals surface area contributed by atoms with Gasteiger partial charge < -0.3 is 10.2 Å². The van der Waals surface area contributed by atoms with E-state index < -0.39 is 0 Å². The first kappa shape index (κ1) is 14.8. The minimum absolute atomic E-state index is 0.412. The minimum atomic E-state index is 0.412. The van der Waals surface area contributed by atoms with Crippen LogP contribution in [0.15, 0.2) is 0 Å². The predicted octanol–water partition coefficient (Wildman–Crippen LogP) is 3.75. The van der Waals surface area contributed by atoms with Crippen molar-refractivity contribution in [1.29, 1.82) is 0 Å². The maximum atomic E-state index is 4.82. The van der Waals surface area contributed by atoms with E-state index in [1.54, 1.807) is 0 Å². The molecular weight excluding hydrogens is 254 g/mol. The van der Waals surface area contributed by atoms with Gasteiger partial charge in [0.25, 0.3) is 0 Å². The molecule has 1 N–H and O–H groups in total. The zero-order chi connectivity index (χ0) is 14.0.